The number of nitrogens with one attached hydrogen (secondary N) is 1. The number of carboxylic acids is 1. The summed E-state index contributed by atoms with van der Waals surface area (Å²) < 4.78 is 0.804. The van der Waals surface area contributed by atoms with Crippen molar-refractivity contribution in [2.75, 3.05) is 5.32 Å². The summed E-state index contributed by atoms with van der Waals surface area (Å²) in [6.07, 6.45) is 2.17. The number of rotatable bonds is 4. The Kier molecular flexibility index (Phi) is 5.04. The Labute approximate surface area is 133 Å². The molecule has 1 saturated carbocycles. The van der Waals surface area contributed by atoms with E-state index in [-0.39, 0.29) is 5.91 Å². The second-order valence-electron chi connectivity index (χ2n) is 5.77. The van der Waals surface area contributed by atoms with Gasteiger partial charge in [-0.25, -0.2) is 0 Å². The molecule has 1 aromatic carbocycles. The SMILES string of the molecule is CCC1C[C@H](C(=O)Nc2cc(C)ccc2Br)[C@H](C(=O)O)C1. The summed E-state index contributed by atoms with van der Waals surface area (Å²) in [5.74, 6) is -1.75. The molecule has 4 nitrogen and oxygen atoms in total. The molecule has 1 unspecified atom stereocenters. The first-order chi connectivity index (χ1) is 9.92. The predicted molar refractivity (Wildman–Crippen MR) is 85.1 cm³/mol. The number of hydrogen-bond donors (Lipinski definition) is 2. The fourth-order valence-electron chi connectivity index (χ4n) is 3.00. The van der Waals surface area contributed by atoms with Gasteiger partial charge in [-0.3, -0.25) is 9.59 Å². The first kappa shape index (κ1) is 16.0. The molecule has 1 aliphatic rings. The molecule has 21 heavy (non-hydrogen) atoms. The number of amides is 1. The molecular formula is C16H20BrNO3. The summed E-state index contributed by atoms with van der Waals surface area (Å²) in [5.41, 5.74) is 1.74. The van der Waals surface area contributed by atoms with E-state index in [9.17, 15) is 14.7 Å². The van der Waals surface area contributed by atoms with Crippen molar-refractivity contribution in [2.45, 2.75) is 33.1 Å². The van der Waals surface area contributed by atoms with E-state index >= 15 is 0 Å². The molecule has 0 aliphatic heterocycles. The van der Waals surface area contributed by atoms with Gasteiger partial charge in [-0.1, -0.05) is 19.4 Å². The van der Waals surface area contributed by atoms with Crippen LogP contribution in [0, 0.1) is 24.7 Å². The Morgan fingerprint density at radius 2 is 2.00 bits per heavy atom. The maximum Gasteiger partial charge on any atom is 0.307 e. The summed E-state index contributed by atoms with van der Waals surface area (Å²) >= 11 is 3.41. The first-order valence-electron chi connectivity index (χ1n) is 7.22. The molecule has 0 bridgehead atoms. The number of anilines is 1. The van der Waals surface area contributed by atoms with Gasteiger partial charge in [-0.15, -0.1) is 0 Å². The molecule has 1 aromatic rings. The molecule has 1 fully saturated rings. The highest BCUT2D eigenvalue weighted by atomic mass is 79.9. The summed E-state index contributed by atoms with van der Waals surface area (Å²) in [6, 6.07) is 5.70. The highest BCUT2D eigenvalue weighted by Gasteiger charge is 2.42. The van der Waals surface area contributed by atoms with Gasteiger partial charge in [0.05, 0.1) is 17.5 Å². The number of carbonyl (C=O) groups is 2. The van der Waals surface area contributed by atoms with Crippen LogP contribution in [0.25, 0.3) is 0 Å². The normalized spacial score (nSPS) is 24.8. The minimum Gasteiger partial charge on any atom is -0.481 e. The molecule has 3 atom stereocenters. The summed E-state index contributed by atoms with van der Waals surface area (Å²) in [4.78, 5) is 23.8. The van der Waals surface area contributed by atoms with E-state index in [1.807, 2.05) is 32.0 Å². The van der Waals surface area contributed by atoms with E-state index in [4.69, 9.17) is 0 Å². The van der Waals surface area contributed by atoms with Gasteiger partial charge in [-0.05, 0) is 59.3 Å². The van der Waals surface area contributed by atoms with Crippen molar-refractivity contribution >= 4 is 33.5 Å². The Hall–Kier alpha value is -1.36. The van der Waals surface area contributed by atoms with Crippen LogP contribution < -0.4 is 5.32 Å². The van der Waals surface area contributed by atoms with Crippen molar-refractivity contribution in [1.82, 2.24) is 0 Å². The van der Waals surface area contributed by atoms with Gasteiger partial charge in [0.1, 0.15) is 0 Å². The lowest BCUT2D eigenvalue weighted by Crippen LogP contribution is -2.30. The molecule has 5 heteroatoms. The second kappa shape index (κ2) is 6.60. The number of aryl methyl sites for hydroxylation is 1. The zero-order chi connectivity index (χ0) is 15.6. The molecule has 0 saturated heterocycles. The average molecular weight is 354 g/mol. The predicted octanol–water partition coefficient (Wildman–Crippen LogP) is 3.83. The Balaban J connectivity index is 2.15. The van der Waals surface area contributed by atoms with Crippen molar-refractivity contribution < 1.29 is 14.7 Å². The van der Waals surface area contributed by atoms with Gasteiger partial charge in [0, 0.05) is 4.47 Å². The zero-order valence-electron chi connectivity index (χ0n) is 12.2. The summed E-state index contributed by atoms with van der Waals surface area (Å²) in [7, 11) is 0. The third-order valence-electron chi connectivity index (χ3n) is 4.27. The number of carbonyl (C=O) groups excluding carboxylic acids is 1. The van der Waals surface area contributed by atoms with Crippen molar-refractivity contribution in [3.8, 4) is 0 Å². The largest absolute Gasteiger partial charge is 0.481 e. The second-order valence-corrected chi connectivity index (χ2v) is 6.62. The molecule has 0 aromatic heterocycles. The summed E-state index contributed by atoms with van der Waals surface area (Å²) in [5, 5.41) is 12.2. The van der Waals surface area contributed by atoms with Crippen molar-refractivity contribution in [3.63, 3.8) is 0 Å². The van der Waals surface area contributed by atoms with Crippen molar-refractivity contribution in [2.24, 2.45) is 17.8 Å². The topological polar surface area (TPSA) is 66.4 Å². The van der Waals surface area contributed by atoms with E-state index in [0.29, 0.717) is 24.4 Å². The minimum absolute atomic E-state index is 0.190. The average Bonchev–Trinajstić information content (AvgIpc) is 2.87. The van der Waals surface area contributed by atoms with Gasteiger partial charge in [0.25, 0.3) is 0 Å². The highest BCUT2D eigenvalue weighted by Crippen LogP contribution is 2.39. The number of halogens is 1. The fourth-order valence-corrected chi connectivity index (χ4v) is 3.35. The van der Waals surface area contributed by atoms with Gasteiger partial charge in [0.2, 0.25) is 5.91 Å². The molecule has 1 amide bonds. The molecule has 114 valence electrons. The van der Waals surface area contributed by atoms with Gasteiger partial charge >= 0.3 is 5.97 Å². The van der Waals surface area contributed by atoms with Crippen LogP contribution in [0.2, 0.25) is 0 Å². The fraction of sp³-hybridized carbons (Fsp3) is 0.500. The maximum atomic E-state index is 12.5. The summed E-state index contributed by atoms with van der Waals surface area (Å²) in [6.45, 7) is 3.99. The molecular weight excluding hydrogens is 334 g/mol. The van der Waals surface area contributed by atoms with E-state index < -0.39 is 17.8 Å². The van der Waals surface area contributed by atoms with Crippen molar-refractivity contribution in [1.29, 1.82) is 0 Å². The van der Waals surface area contributed by atoms with Crippen LogP contribution in [0.3, 0.4) is 0 Å². The standard InChI is InChI=1S/C16H20BrNO3/c1-3-10-7-11(12(8-10)16(20)21)15(19)18-14-6-9(2)4-5-13(14)17/h4-6,10-12H,3,7-8H2,1-2H3,(H,18,19)(H,20,21)/t10?,11-,12+/m0/s1. The smallest absolute Gasteiger partial charge is 0.307 e. The third kappa shape index (κ3) is 3.64. The molecule has 2 N–H and O–H groups in total. The highest BCUT2D eigenvalue weighted by molar-refractivity contribution is 9.10. The quantitative estimate of drug-likeness (QED) is 0.864. The monoisotopic (exact) mass is 353 g/mol. The maximum absolute atomic E-state index is 12.5. The number of carboxylic acid groups (broad SMARTS) is 1. The van der Waals surface area contributed by atoms with E-state index in [0.717, 1.165) is 16.5 Å². The van der Waals surface area contributed by atoms with Crippen LogP contribution in [0.5, 0.6) is 0 Å². The van der Waals surface area contributed by atoms with Crippen LogP contribution >= 0.6 is 15.9 Å². The van der Waals surface area contributed by atoms with Crippen LogP contribution in [-0.4, -0.2) is 17.0 Å². The Morgan fingerprint density at radius 3 is 2.62 bits per heavy atom. The molecule has 2 rings (SSSR count). The van der Waals surface area contributed by atoms with Gasteiger partial charge in [-0.2, -0.15) is 0 Å². The van der Waals surface area contributed by atoms with Crippen LogP contribution in [-0.2, 0) is 9.59 Å². The number of hydrogen-bond acceptors (Lipinski definition) is 2. The molecule has 0 radical (unpaired) electrons. The van der Waals surface area contributed by atoms with Gasteiger partial charge < -0.3 is 10.4 Å². The first-order valence-corrected chi connectivity index (χ1v) is 8.01. The Morgan fingerprint density at radius 1 is 1.33 bits per heavy atom. The zero-order valence-corrected chi connectivity index (χ0v) is 13.8. The lowest BCUT2D eigenvalue weighted by molar-refractivity contribution is -0.145. The van der Waals surface area contributed by atoms with Gasteiger partial charge in [0.15, 0.2) is 0 Å². The Bertz CT molecular complexity index is 558. The van der Waals surface area contributed by atoms with Crippen LogP contribution in [0.4, 0.5) is 5.69 Å². The molecule has 0 heterocycles. The third-order valence-corrected chi connectivity index (χ3v) is 4.96. The van der Waals surface area contributed by atoms with Crippen LogP contribution in [0.1, 0.15) is 31.7 Å². The molecule has 1 aliphatic carbocycles. The lowest BCUT2D eigenvalue weighted by Gasteiger charge is -2.16. The number of benzene rings is 1. The van der Waals surface area contributed by atoms with E-state index in [1.54, 1.807) is 0 Å². The number of aliphatic carboxylic acids is 1. The van der Waals surface area contributed by atoms with E-state index in [1.165, 1.54) is 0 Å². The minimum atomic E-state index is -0.866. The van der Waals surface area contributed by atoms with Crippen molar-refractivity contribution in [3.05, 3.63) is 28.2 Å². The van der Waals surface area contributed by atoms with E-state index in [2.05, 4.69) is 21.2 Å². The lowest BCUT2D eigenvalue weighted by atomic mass is 9.95. The van der Waals surface area contributed by atoms with Crippen LogP contribution in [0.15, 0.2) is 22.7 Å². The molecule has 0 spiro atoms.